The van der Waals surface area contributed by atoms with E-state index in [1.165, 1.54) is 50.6 Å². The second-order valence-corrected chi connectivity index (χ2v) is 5.20. The molecule has 0 heterocycles. The Kier molecular flexibility index (Phi) is 7.51. The van der Waals surface area contributed by atoms with Gasteiger partial charge in [0, 0.05) is 12.2 Å². The van der Waals surface area contributed by atoms with Gasteiger partial charge < -0.3 is 10.6 Å². The van der Waals surface area contributed by atoms with Gasteiger partial charge in [0.1, 0.15) is 0 Å². The van der Waals surface area contributed by atoms with Gasteiger partial charge in [0.2, 0.25) is 0 Å². The molecule has 0 saturated heterocycles. The molecular formula is C16H28N2. The first-order chi connectivity index (χ1) is 8.74. The molecule has 1 aromatic rings. The van der Waals surface area contributed by atoms with Crippen molar-refractivity contribution in [3.05, 3.63) is 29.8 Å². The molecule has 0 amide bonds. The van der Waals surface area contributed by atoms with E-state index in [-0.39, 0.29) is 0 Å². The van der Waals surface area contributed by atoms with Crippen molar-refractivity contribution >= 4 is 5.69 Å². The summed E-state index contributed by atoms with van der Waals surface area (Å²) in [6.07, 6.45) is 8.14. The van der Waals surface area contributed by atoms with Gasteiger partial charge in [0.05, 0.1) is 0 Å². The molecule has 0 unspecified atom stereocenters. The van der Waals surface area contributed by atoms with E-state index in [0.717, 1.165) is 12.2 Å². The minimum Gasteiger partial charge on any atom is -0.398 e. The molecule has 0 aromatic heterocycles. The minimum absolute atomic E-state index is 0.910. The van der Waals surface area contributed by atoms with Gasteiger partial charge in [-0.05, 0) is 31.6 Å². The average Bonchev–Trinajstić information content (AvgIpc) is 2.36. The number of unbranched alkanes of at least 4 members (excludes halogenated alkanes) is 5. The van der Waals surface area contributed by atoms with Gasteiger partial charge in [-0.3, -0.25) is 0 Å². The van der Waals surface area contributed by atoms with E-state index in [2.05, 4.69) is 31.0 Å². The van der Waals surface area contributed by atoms with Crippen molar-refractivity contribution in [2.24, 2.45) is 0 Å². The summed E-state index contributed by atoms with van der Waals surface area (Å²) in [5, 5.41) is 0. The Balaban J connectivity index is 2.14. The summed E-state index contributed by atoms with van der Waals surface area (Å²) >= 11 is 0. The molecular weight excluding hydrogens is 220 g/mol. The Morgan fingerprint density at radius 3 is 2.39 bits per heavy atom. The lowest BCUT2D eigenvalue weighted by Gasteiger charge is -2.17. The number of nitrogen functional groups attached to an aromatic ring is 1. The van der Waals surface area contributed by atoms with E-state index in [1.54, 1.807) is 0 Å². The topological polar surface area (TPSA) is 29.3 Å². The molecule has 0 saturated carbocycles. The Labute approximate surface area is 112 Å². The Morgan fingerprint density at radius 2 is 1.67 bits per heavy atom. The largest absolute Gasteiger partial charge is 0.398 e. The van der Waals surface area contributed by atoms with Crippen LogP contribution in [0.15, 0.2) is 24.3 Å². The van der Waals surface area contributed by atoms with Crippen LogP contribution in [0.1, 0.15) is 51.0 Å². The number of nitrogens with two attached hydrogens (primary N) is 1. The van der Waals surface area contributed by atoms with E-state index in [9.17, 15) is 0 Å². The SMILES string of the molecule is CCCCCCCCN(C)Cc1ccccc1N. The second kappa shape index (κ2) is 8.98. The third kappa shape index (κ3) is 6.06. The summed E-state index contributed by atoms with van der Waals surface area (Å²) in [4.78, 5) is 2.37. The zero-order valence-corrected chi connectivity index (χ0v) is 12.0. The third-order valence-corrected chi connectivity index (χ3v) is 3.39. The zero-order valence-electron chi connectivity index (χ0n) is 12.0. The van der Waals surface area contributed by atoms with Gasteiger partial charge in [0.25, 0.3) is 0 Å². The summed E-state index contributed by atoms with van der Waals surface area (Å²) in [7, 11) is 2.18. The minimum atomic E-state index is 0.910. The highest BCUT2D eigenvalue weighted by atomic mass is 15.1. The van der Waals surface area contributed by atoms with E-state index < -0.39 is 0 Å². The highest BCUT2D eigenvalue weighted by Gasteiger charge is 2.02. The molecule has 2 nitrogen and oxygen atoms in total. The van der Waals surface area contributed by atoms with Gasteiger partial charge in [0.15, 0.2) is 0 Å². The van der Waals surface area contributed by atoms with Crippen molar-refractivity contribution in [3.63, 3.8) is 0 Å². The van der Waals surface area contributed by atoms with Crippen molar-refractivity contribution in [1.29, 1.82) is 0 Å². The molecule has 0 aliphatic heterocycles. The first-order valence-corrected chi connectivity index (χ1v) is 7.26. The molecule has 18 heavy (non-hydrogen) atoms. The molecule has 0 atom stereocenters. The van der Waals surface area contributed by atoms with Gasteiger partial charge in [-0.1, -0.05) is 57.2 Å². The van der Waals surface area contributed by atoms with Gasteiger partial charge in [-0.25, -0.2) is 0 Å². The van der Waals surface area contributed by atoms with Crippen LogP contribution in [0.4, 0.5) is 5.69 Å². The molecule has 0 aliphatic carbocycles. The standard InChI is InChI=1S/C16H28N2/c1-3-4-5-6-7-10-13-18(2)14-15-11-8-9-12-16(15)17/h8-9,11-12H,3-7,10,13-14,17H2,1-2H3. The smallest absolute Gasteiger partial charge is 0.0359 e. The van der Waals surface area contributed by atoms with Gasteiger partial charge in [-0.15, -0.1) is 0 Å². The molecule has 0 radical (unpaired) electrons. The first-order valence-electron chi connectivity index (χ1n) is 7.26. The zero-order chi connectivity index (χ0) is 13.2. The maximum absolute atomic E-state index is 5.95. The summed E-state index contributed by atoms with van der Waals surface area (Å²) in [5.41, 5.74) is 8.10. The average molecular weight is 248 g/mol. The Morgan fingerprint density at radius 1 is 1.00 bits per heavy atom. The summed E-state index contributed by atoms with van der Waals surface area (Å²) < 4.78 is 0. The van der Waals surface area contributed by atoms with Crippen LogP contribution < -0.4 is 5.73 Å². The van der Waals surface area contributed by atoms with Crippen LogP contribution in [0.5, 0.6) is 0 Å². The van der Waals surface area contributed by atoms with E-state index in [0.29, 0.717) is 0 Å². The third-order valence-electron chi connectivity index (χ3n) is 3.39. The molecule has 0 aliphatic rings. The fraction of sp³-hybridized carbons (Fsp3) is 0.625. The summed E-state index contributed by atoms with van der Waals surface area (Å²) in [6.45, 7) is 4.39. The summed E-state index contributed by atoms with van der Waals surface area (Å²) in [5.74, 6) is 0. The number of rotatable bonds is 9. The number of hydrogen-bond donors (Lipinski definition) is 1. The van der Waals surface area contributed by atoms with Crippen LogP contribution in [-0.2, 0) is 6.54 Å². The number of hydrogen-bond acceptors (Lipinski definition) is 2. The molecule has 1 aromatic carbocycles. The molecule has 0 fully saturated rings. The lowest BCUT2D eigenvalue weighted by Crippen LogP contribution is -2.19. The van der Waals surface area contributed by atoms with Crippen LogP contribution in [0.3, 0.4) is 0 Å². The van der Waals surface area contributed by atoms with Crippen molar-refractivity contribution in [1.82, 2.24) is 4.90 Å². The van der Waals surface area contributed by atoms with Crippen LogP contribution in [0.2, 0.25) is 0 Å². The van der Waals surface area contributed by atoms with E-state index in [4.69, 9.17) is 5.73 Å². The molecule has 0 spiro atoms. The number of anilines is 1. The number of para-hydroxylation sites is 1. The van der Waals surface area contributed by atoms with Crippen LogP contribution >= 0.6 is 0 Å². The first kappa shape index (κ1) is 15.0. The van der Waals surface area contributed by atoms with Gasteiger partial charge in [-0.2, -0.15) is 0 Å². The number of benzene rings is 1. The maximum atomic E-state index is 5.95. The fourth-order valence-electron chi connectivity index (χ4n) is 2.21. The van der Waals surface area contributed by atoms with Crippen molar-refractivity contribution < 1.29 is 0 Å². The fourth-order valence-corrected chi connectivity index (χ4v) is 2.21. The molecule has 0 bridgehead atoms. The summed E-state index contributed by atoms with van der Waals surface area (Å²) in [6, 6.07) is 8.15. The van der Waals surface area contributed by atoms with Crippen LogP contribution in [-0.4, -0.2) is 18.5 Å². The highest BCUT2D eigenvalue weighted by Crippen LogP contribution is 2.13. The molecule has 102 valence electrons. The Hall–Kier alpha value is -1.02. The highest BCUT2D eigenvalue weighted by molar-refractivity contribution is 5.46. The lowest BCUT2D eigenvalue weighted by molar-refractivity contribution is 0.317. The van der Waals surface area contributed by atoms with Crippen molar-refractivity contribution in [3.8, 4) is 0 Å². The monoisotopic (exact) mass is 248 g/mol. The molecule has 1 rings (SSSR count). The van der Waals surface area contributed by atoms with E-state index in [1.807, 2.05) is 12.1 Å². The van der Waals surface area contributed by atoms with Crippen LogP contribution in [0.25, 0.3) is 0 Å². The molecule has 2 heteroatoms. The quantitative estimate of drug-likeness (QED) is 0.527. The number of nitrogens with zero attached hydrogens (tertiary/aromatic N) is 1. The van der Waals surface area contributed by atoms with Crippen molar-refractivity contribution in [2.45, 2.75) is 52.0 Å². The van der Waals surface area contributed by atoms with Crippen molar-refractivity contribution in [2.75, 3.05) is 19.3 Å². The van der Waals surface area contributed by atoms with E-state index >= 15 is 0 Å². The van der Waals surface area contributed by atoms with Gasteiger partial charge >= 0.3 is 0 Å². The lowest BCUT2D eigenvalue weighted by atomic mass is 10.1. The second-order valence-electron chi connectivity index (χ2n) is 5.20. The maximum Gasteiger partial charge on any atom is 0.0359 e. The predicted molar refractivity (Wildman–Crippen MR) is 80.6 cm³/mol. The predicted octanol–water partition coefficient (Wildman–Crippen LogP) is 4.06. The Bertz CT molecular complexity index is 323. The molecule has 2 N–H and O–H groups in total. The van der Waals surface area contributed by atoms with Crippen LogP contribution in [0, 0.1) is 0 Å². The normalized spacial score (nSPS) is 11.1.